The summed E-state index contributed by atoms with van der Waals surface area (Å²) in [4.78, 5) is 32.3. The normalized spacial score (nSPS) is 14.8. The average molecular weight is 406 g/mol. The van der Waals surface area contributed by atoms with Crippen LogP contribution >= 0.6 is 0 Å². The maximum Gasteiger partial charge on any atom is 0.253 e. The van der Waals surface area contributed by atoms with Crippen molar-refractivity contribution in [3.8, 4) is 11.8 Å². The summed E-state index contributed by atoms with van der Waals surface area (Å²) in [6.45, 7) is 10.6. The molecule has 1 saturated heterocycles. The molecule has 0 aliphatic carbocycles. The monoisotopic (exact) mass is 405 g/mol. The number of hydrogen-bond acceptors (Lipinski definition) is 4. The Balaban J connectivity index is 1.66. The zero-order valence-corrected chi connectivity index (χ0v) is 18.2. The molecule has 2 heterocycles. The molecule has 1 radical (unpaired) electrons. The van der Waals surface area contributed by atoms with Gasteiger partial charge in [0.1, 0.15) is 0 Å². The number of likely N-dealkylation sites (N-methyl/N-ethyl adjacent to an activating group) is 1. The van der Waals surface area contributed by atoms with Crippen molar-refractivity contribution in [3.05, 3.63) is 68.1 Å². The predicted molar refractivity (Wildman–Crippen MR) is 119 cm³/mol. The van der Waals surface area contributed by atoms with Crippen molar-refractivity contribution in [3.63, 3.8) is 0 Å². The van der Waals surface area contributed by atoms with Gasteiger partial charge < -0.3 is 15.2 Å². The highest BCUT2D eigenvalue weighted by atomic mass is 16.1. The van der Waals surface area contributed by atoms with E-state index in [9.17, 15) is 9.59 Å². The minimum Gasteiger partial charge on any atom is -0.348 e. The number of benzene rings is 1. The average Bonchev–Trinajstić information content (AvgIpc) is 2.69. The third kappa shape index (κ3) is 5.59. The Labute approximate surface area is 178 Å². The zero-order chi connectivity index (χ0) is 21.7. The van der Waals surface area contributed by atoms with E-state index in [2.05, 4.69) is 45.1 Å². The van der Waals surface area contributed by atoms with Crippen LogP contribution in [0.2, 0.25) is 0 Å². The summed E-state index contributed by atoms with van der Waals surface area (Å²) in [7, 11) is 2.13. The number of aryl methyl sites for hydroxylation is 3. The highest BCUT2D eigenvalue weighted by Crippen LogP contribution is 2.11. The Hall–Kier alpha value is -2.88. The molecule has 0 saturated carbocycles. The lowest BCUT2D eigenvalue weighted by molar-refractivity contribution is 0.0950. The first kappa shape index (κ1) is 21.8. The van der Waals surface area contributed by atoms with Crippen molar-refractivity contribution in [2.75, 3.05) is 39.8 Å². The van der Waals surface area contributed by atoms with Crippen LogP contribution in [0.5, 0.6) is 0 Å². The number of aromatic nitrogens is 1. The number of piperazine rings is 1. The third-order valence-electron chi connectivity index (χ3n) is 5.42. The summed E-state index contributed by atoms with van der Waals surface area (Å²) in [6.07, 6.45) is 0. The molecule has 0 spiro atoms. The third-order valence-corrected chi connectivity index (χ3v) is 5.42. The van der Waals surface area contributed by atoms with Gasteiger partial charge in [-0.3, -0.25) is 14.5 Å². The molecule has 1 amide bonds. The van der Waals surface area contributed by atoms with E-state index in [1.807, 2.05) is 39.0 Å². The van der Waals surface area contributed by atoms with Crippen LogP contribution in [0.3, 0.4) is 0 Å². The number of carbonyl (C=O) groups is 1. The second-order valence-corrected chi connectivity index (χ2v) is 7.94. The molecule has 2 N–H and O–H groups in total. The zero-order valence-electron chi connectivity index (χ0n) is 18.2. The number of nitrogens with zero attached hydrogens (tertiary/aromatic N) is 2. The molecule has 0 bridgehead atoms. The number of rotatable bonds is 4. The summed E-state index contributed by atoms with van der Waals surface area (Å²) < 4.78 is 0. The van der Waals surface area contributed by atoms with E-state index in [0.717, 1.165) is 43.0 Å². The molecule has 3 rings (SSSR count). The standard InChI is InChI=1S/C24H29N4O2/c1-17-7-8-20(6-5-9-28-12-10-27(4)11-13-28)15-21(17)23(29)25-16-22-18(2)14-19(3)26-24(22)30/h7-8,14H,9-13,16H2,1-4H3,(H,25,29)(H,26,30). The van der Waals surface area contributed by atoms with Gasteiger partial charge in [-0.05, 0) is 51.1 Å². The van der Waals surface area contributed by atoms with Gasteiger partial charge in [-0.1, -0.05) is 17.9 Å². The van der Waals surface area contributed by atoms with E-state index < -0.39 is 0 Å². The Morgan fingerprint density at radius 1 is 1.17 bits per heavy atom. The largest absolute Gasteiger partial charge is 0.348 e. The van der Waals surface area contributed by atoms with Gasteiger partial charge in [0, 0.05) is 55.6 Å². The van der Waals surface area contributed by atoms with Gasteiger partial charge in [0.25, 0.3) is 11.5 Å². The van der Waals surface area contributed by atoms with Crippen LogP contribution in [0, 0.1) is 38.7 Å². The number of carbonyl (C=O) groups excluding carboxylic acids is 1. The van der Waals surface area contributed by atoms with Gasteiger partial charge in [-0.25, -0.2) is 0 Å². The fraction of sp³-hybridized carbons (Fsp3) is 0.417. The van der Waals surface area contributed by atoms with Crippen LogP contribution in [-0.4, -0.2) is 60.5 Å². The van der Waals surface area contributed by atoms with E-state index in [1.54, 1.807) is 0 Å². The Bertz CT molecular complexity index is 1040. The van der Waals surface area contributed by atoms with Gasteiger partial charge in [-0.2, -0.15) is 0 Å². The van der Waals surface area contributed by atoms with E-state index in [1.165, 1.54) is 0 Å². The molecule has 1 aromatic heterocycles. The van der Waals surface area contributed by atoms with Crippen LogP contribution in [0.25, 0.3) is 0 Å². The molecule has 6 nitrogen and oxygen atoms in total. The number of H-pyrrole nitrogens is 1. The van der Waals surface area contributed by atoms with E-state index >= 15 is 0 Å². The molecular formula is C24H29N4O2. The Morgan fingerprint density at radius 2 is 1.90 bits per heavy atom. The predicted octanol–water partition coefficient (Wildman–Crippen LogP) is 1.63. The molecular weight excluding hydrogens is 376 g/mol. The number of hydrogen-bond donors (Lipinski definition) is 2. The van der Waals surface area contributed by atoms with Crippen LogP contribution in [0.4, 0.5) is 0 Å². The van der Waals surface area contributed by atoms with Crippen molar-refractivity contribution in [2.24, 2.45) is 0 Å². The Morgan fingerprint density at radius 3 is 2.60 bits per heavy atom. The molecule has 1 aromatic carbocycles. The molecule has 0 unspecified atom stereocenters. The maximum absolute atomic E-state index is 12.7. The van der Waals surface area contributed by atoms with E-state index in [0.29, 0.717) is 23.2 Å². The van der Waals surface area contributed by atoms with E-state index in [4.69, 9.17) is 0 Å². The molecule has 157 valence electrons. The summed E-state index contributed by atoms with van der Waals surface area (Å²) in [6, 6.07) is 8.80. The van der Waals surface area contributed by atoms with Gasteiger partial charge in [0.15, 0.2) is 0 Å². The first-order valence-corrected chi connectivity index (χ1v) is 10.2. The fourth-order valence-corrected chi connectivity index (χ4v) is 3.49. The maximum atomic E-state index is 12.7. The molecule has 1 fully saturated rings. The highest BCUT2D eigenvalue weighted by molar-refractivity contribution is 5.95. The summed E-state index contributed by atoms with van der Waals surface area (Å²) in [5, 5.41) is 2.85. The summed E-state index contributed by atoms with van der Waals surface area (Å²) in [5.74, 6) is 6.07. The smallest absolute Gasteiger partial charge is 0.253 e. The van der Waals surface area contributed by atoms with Crippen LogP contribution < -0.4 is 10.9 Å². The molecule has 1 aliphatic heterocycles. The number of amides is 1. The van der Waals surface area contributed by atoms with Crippen molar-refractivity contribution in [1.29, 1.82) is 0 Å². The first-order valence-electron chi connectivity index (χ1n) is 10.2. The van der Waals surface area contributed by atoms with Crippen LogP contribution in [0.1, 0.15) is 38.3 Å². The van der Waals surface area contributed by atoms with Crippen LogP contribution in [0.15, 0.2) is 23.0 Å². The molecule has 1 aliphatic rings. The van der Waals surface area contributed by atoms with Gasteiger partial charge >= 0.3 is 0 Å². The van der Waals surface area contributed by atoms with Crippen molar-refractivity contribution in [1.82, 2.24) is 20.1 Å². The lowest BCUT2D eigenvalue weighted by atomic mass is 10.0. The number of aromatic amines is 1. The topological polar surface area (TPSA) is 68.4 Å². The van der Waals surface area contributed by atoms with Gasteiger partial charge in [0.2, 0.25) is 0 Å². The minimum absolute atomic E-state index is 0.169. The lowest BCUT2D eigenvalue weighted by Crippen LogP contribution is -2.44. The lowest BCUT2D eigenvalue weighted by Gasteiger charge is -2.30. The number of pyridine rings is 1. The highest BCUT2D eigenvalue weighted by Gasteiger charge is 2.13. The Kier molecular flexibility index (Phi) is 7.09. The summed E-state index contributed by atoms with van der Waals surface area (Å²) in [5.41, 5.74) is 4.05. The van der Waals surface area contributed by atoms with E-state index in [-0.39, 0.29) is 18.0 Å². The minimum atomic E-state index is -0.255. The second-order valence-electron chi connectivity index (χ2n) is 7.94. The van der Waals surface area contributed by atoms with Crippen molar-refractivity contribution >= 4 is 5.91 Å². The molecule has 30 heavy (non-hydrogen) atoms. The molecule has 2 aromatic rings. The van der Waals surface area contributed by atoms with Gasteiger partial charge in [-0.15, -0.1) is 0 Å². The fourth-order valence-electron chi connectivity index (χ4n) is 3.49. The van der Waals surface area contributed by atoms with Crippen molar-refractivity contribution in [2.45, 2.75) is 27.3 Å². The second kappa shape index (κ2) is 9.75. The first-order chi connectivity index (χ1) is 14.3. The van der Waals surface area contributed by atoms with Gasteiger partial charge in [0.05, 0.1) is 12.1 Å². The molecule has 0 atom stereocenters. The quantitative estimate of drug-likeness (QED) is 0.759. The summed E-state index contributed by atoms with van der Waals surface area (Å²) >= 11 is 0. The van der Waals surface area contributed by atoms with Crippen LogP contribution in [-0.2, 0) is 6.54 Å². The molecule has 6 heteroatoms. The van der Waals surface area contributed by atoms with Crippen molar-refractivity contribution < 1.29 is 4.79 Å². The SMILES string of the molecule is Cc1cc(C)c(CNC(=O)c2[c]c(C#CCN3CCN(C)CC3)ccc2C)c(=O)[nH]1. The number of nitrogens with one attached hydrogen (secondary N) is 2.